The summed E-state index contributed by atoms with van der Waals surface area (Å²) in [6.45, 7) is 3.89. The lowest BCUT2D eigenvalue weighted by atomic mass is 10.1. The third-order valence-electron chi connectivity index (χ3n) is 4.89. The molecule has 1 fully saturated rings. The fraction of sp³-hybridized carbons (Fsp3) is 0.368. The van der Waals surface area contributed by atoms with Crippen LogP contribution < -0.4 is 0 Å². The van der Waals surface area contributed by atoms with Crippen LogP contribution in [0.5, 0.6) is 0 Å². The normalized spacial score (nSPS) is 19.8. The molecule has 0 saturated carbocycles. The van der Waals surface area contributed by atoms with Crippen molar-refractivity contribution in [1.29, 1.82) is 0 Å². The minimum Gasteiger partial charge on any atom is -0.480 e. The van der Waals surface area contributed by atoms with Gasteiger partial charge in [-0.2, -0.15) is 0 Å². The molecule has 2 heterocycles. The summed E-state index contributed by atoms with van der Waals surface area (Å²) in [7, 11) is 1.51. The Bertz CT molecular complexity index is 844. The Morgan fingerprint density at radius 2 is 1.88 bits per heavy atom. The Labute approximate surface area is 150 Å². The van der Waals surface area contributed by atoms with Gasteiger partial charge in [0.1, 0.15) is 11.9 Å². The zero-order chi connectivity index (χ0) is 19.0. The zero-order valence-corrected chi connectivity index (χ0v) is 14.9. The number of carboxylic acids is 1. The Kier molecular flexibility index (Phi) is 4.82. The van der Waals surface area contributed by atoms with Crippen LogP contribution in [0.15, 0.2) is 30.3 Å². The molecule has 2 unspecified atom stereocenters. The van der Waals surface area contributed by atoms with E-state index in [1.165, 1.54) is 24.1 Å². The first-order valence-electron chi connectivity index (χ1n) is 8.35. The second kappa shape index (κ2) is 6.92. The third-order valence-corrected chi connectivity index (χ3v) is 4.89. The van der Waals surface area contributed by atoms with E-state index in [-0.39, 0.29) is 30.8 Å². The van der Waals surface area contributed by atoms with Crippen molar-refractivity contribution in [3.63, 3.8) is 0 Å². The average molecular weight is 360 g/mol. The molecule has 0 aliphatic carbocycles. The number of carbonyl (C=O) groups is 2. The summed E-state index contributed by atoms with van der Waals surface area (Å²) in [6, 6.07) is 6.84. The highest BCUT2D eigenvalue weighted by molar-refractivity contribution is 5.98. The Balaban J connectivity index is 1.97. The standard InChI is InChI=1S/C19H21FN2O4/c1-11-8-16(12(2)22(11)14-6-4-13(20)5-7-14)18(23)21-10-15(26-3)9-17(21)19(24)25/h4-8,15,17H,9-10H2,1-3H3,(H,24,25). The third kappa shape index (κ3) is 3.10. The number of likely N-dealkylation sites (tertiary alicyclic amines) is 1. The van der Waals surface area contributed by atoms with Crippen molar-refractivity contribution < 1.29 is 23.8 Å². The number of aliphatic carboxylic acids is 1. The first-order valence-corrected chi connectivity index (χ1v) is 8.35. The van der Waals surface area contributed by atoms with E-state index < -0.39 is 12.0 Å². The number of carbonyl (C=O) groups excluding carboxylic acids is 1. The topological polar surface area (TPSA) is 71.8 Å². The largest absolute Gasteiger partial charge is 0.480 e. The van der Waals surface area contributed by atoms with Crippen LogP contribution in [0.2, 0.25) is 0 Å². The number of aryl methyl sites for hydroxylation is 1. The Hall–Kier alpha value is -2.67. The second-order valence-electron chi connectivity index (χ2n) is 6.50. The molecule has 6 nitrogen and oxygen atoms in total. The fourth-order valence-electron chi connectivity index (χ4n) is 3.55. The number of ether oxygens (including phenoxy) is 1. The first-order chi connectivity index (χ1) is 12.3. The summed E-state index contributed by atoms with van der Waals surface area (Å²) < 4.78 is 20.3. The molecule has 1 aromatic heterocycles. The highest BCUT2D eigenvalue weighted by atomic mass is 19.1. The van der Waals surface area contributed by atoms with Crippen LogP contribution >= 0.6 is 0 Å². The molecule has 138 valence electrons. The number of aromatic nitrogens is 1. The first kappa shape index (κ1) is 18.1. The van der Waals surface area contributed by atoms with Crippen LogP contribution in [-0.4, -0.2) is 52.3 Å². The molecule has 1 saturated heterocycles. The lowest BCUT2D eigenvalue weighted by Crippen LogP contribution is -2.40. The van der Waals surface area contributed by atoms with Gasteiger partial charge < -0.3 is 19.3 Å². The molecule has 26 heavy (non-hydrogen) atoms. The van der Waals surface area contributed by atoms with Crippen LogP contribution in [0.25, 0.3) is 5.69 Å². The van der Waals surface area contributed by atoms with Gasteiger partial charge in [0.25, 0.3) is 5.91 Å². The van der Waals surface area contributed by atoms with E-state index in [1.807, 2.05) is 11.5 Å². The molecule has 1 aliphatic rings. The molecule has 0 spiro atoms. The fourth-order valence-corrected chi connectivity index (χ4v) is 3.55. The summed E-state index contributed by atoms with van der Waals surface area (Å²) in [5, 5.41) is 9.44. The molecule has 2 atom stereocenters. The van der Waals surface area contributed by atoms with Crippen molar-refractivity contribution in [3.05, 3.63) is 53.1 Å². The maximum absolute atomic E-state index is 13.2. The number of nitrogens with zero attached hydrogens (tertiary/aromatic N) is 2. The monoisotopic (exact) mass is 360 g/mol. The Morgan fingerprint density at radius 3 is 2.46 bits per heavy atom. The maximum atomic E-state index is 13.2. The van der Waals surface area contributed by atoms with E-state index >= 15 is 0 Å². The zero-order valence-electron chi connectivity index (χ0n) is 14.9. The summed E-state index contributed by atoms with van der Waals surface area (Å²) in [5.74, 6) is -1.71. The quantitative estimate of drug-likeness (QED) is 0.910. The van der Waals surface area contributed by atoms with E-state index in [0.29, 0.717) is 11.3 Å². The predicted octanol–water partition coefficient (Wildman–Crippen LogP) is 2.55. The number of halogens is 1. The molecule has 2 aromatic rings. The van der Waals surface area contributed by atoms with Gasteiger partial charge >= 0.3 is 5.97 Å². The lowest BCUT2D eigenvalue weighted by Gasteiger charge is -2.21. The predicted molar refractivity (Wildman–Crippen MR) is 93.1 cm³/mol. The number of carboxylic acid groups (broad SMARTS) is 1. The van der Waals surface area contributed by atoms with Crippen LogP contribution in [0.1, 0.15) is 28.2 Å². The van der Waals surface area contributed by atoms with E-state index in [4.69, 9.17) is 4.74 Å². The van der Waals surface area contributed by atoms with Gasteiger partial charge in [-0.05, 0) is 44.2 Å². The smallest absolute Gasteiger partial charge is 0.326 e. The van der Waals surface area contributed by atoms with Gasteiger partial charge in [-0.25, -0.2) is 9.18 Å². The molecular formula is C19H21FN2O4. The van der Waals surface area contributed by atoms with Gasteiger partial charge in [0.05, 0.1) is 11.7 Å². The summed E-state index contributed by atoms with van der Waals surface area (Å²) in [4.78, 5) is 25.9. The van der Waals surface area contributed by atoms with Gasteiger partial charge in [0.2, 0.25) is 0 Å². The number of amides is 1. The number of hydrogen-bond acceptors (Lipinski definition) is 3. The molecule has 1 aliphatic heterocycles. The Morgan fingerprint density at radius 1 is 1.23 bits per heavy atom. The molecular weight excluding hydrogens is 339 g/mol. The molecule has 1 amide bonds. The molecule has 1 aromatic carbocycles. The average Bonchev–Trinajstić information content (AvgIpc) is 3.17. The van der Waals surface area contributed by atoms with E-state index in [2.05, 4.69) is 0 Å². The van der Waals surface area contributed by atoms with E-state index in [0.717, 1.165) is 11.4 Å². The van der Waals surface area contributed by atoms with E-state index in [9.17, 15) is 19.1 Å². The van der Waals surface area contributed by atoms with Crippen molar-refractivity contribution in [1.82, 2.24) is 9.47 Å². The minimum absolute atomic E-state index is 0.243. The number of rotatable bonds is 4. The van der Waals surface area contributed by atoms with Crippen LogP contribution in [0, 0.1) is 19.7 Å². The van der Waals surface area contributed by atoms with Crippen molar-refractivity contribution in [3.8, 4) is 5.69 Å². The molecule has 3 rings (SSSR count). The minimum atomic E-state index is -1.04. The summed E-state index contributed by atoms with van der Waals surface area (Å²) in [6.07, 6.45) is -0.0190. The van der Waals surface area contributed by atoms with E-state index in [1.54, 1.807) is 25.1 Å². The van der Waals surface area contributed by atoms with Gasteiger partial charge in [0, 0.05) is 37.2 Å². The van der Waals surface area contributed by atoms with Gasteiger partial charge in [-0.3, -0.25) is 4.79 Å². The van der Waals surface area contributed by atoms with Crippen molar-refractivity contribution in [2.24, 2.45) is 0 Å². The van der Waals surface area contributed by atoms with Gasteiger partial charge in [-0.15, -0.1) is 0 Å². The van der Waals surface area contributed by atoms with Crippen molar-refractivity contribution >= 4 is 11.9 Å². The lowest BCUT2D eigenvalue weighted by molar-refractivity contribution is -0.141. The van der Waals surface area contributed by atoms with Crippen LogP contribution in [0.3, 0.4) is 0 Å². The van der Waals surface area contributed by atoms with Crippen molar-refractivity contribution in [2.45, 2.75) is 32.4 Å². The second-order valence-corrected chi connectivity index (χ2v) is 6.50. The molecule has 7 heteroatoms. The number of hydrogen-bond donors (Lipinski definition) is 1. The highest BCUT2D eigenvalue weighted by Gasteiger charge is 2.40. The van der Waals surface area contributed by atoms with Crippen molar-refractivity contribution in [2.75, 3.05) is 13.7 Å². The van der Waals surface area contributed by atoms with Gasteiger partial charge in [0.15, 0.2) is 0 Å². The molecule has 0 radical (unpaired) electrons. The summed E-state index contributed by atoms with van der Waals surface area (Å²) in [5.41, 5.74) is 2.68. The SMILES string of the molecule is COC1CC(C(=O)O)N(C(=O)c2cc(C)n(-c3ccc(F)cc3)c2C)C1. The number of methoxy groups -OCH3 is 1. The molecule has 1 N–H and O–H groups in total. The maximum Gasteiger partial charge on any atom is 0.326 e. The van der Waals surface area contributed by atoms with Crippen LogP contribution in [0.4, 0.5) is 4.39 Å². The summed E-state index contributed by atoms with van der Waals surface area (Å²) >= 11 is 0. The highest BCUT2D eigenvalue weighted by Crippen LogP contribution is 2.27. The number of benzene rings is 1. The molecule has 0 bridgehead atoms. The van der Waals surface area contributed by atoms with Gasteiger partial charge in [-0.1, -0.05) is 0 Å². The van der Waals surface area contributed by atoms with Crippen LogP contribution in [-0.2, 0) is 9.53 Å².